The van der Waals surface area contributed by atoms with Gasteiger partial charge in [-0.05, 0) is 46.3 Å². The molecule has 1 aromatic heterocycles. The molecule has 2 N–H and O–H groups in total. The molecule has 0 radical (unpaired) electrons. The van der Waals surface area contributed by atoms with Gasteiger partial charge in [0.1, 0.15) is 0 Å². The first kappa shape index (κ1) is 24.3. The topological polar surface area (TPSA) is 88.9 Å². The van der Waals surface area contributed by atoms with Crippen molar-refractivity contribution in [2.75, 3.05) is 11.1 Å². The number of benzene rings is 2. The number of nitrogens with zero attached hydrogens (tertiary/aromatic N) is 3. The summed E-state index contributed by atoms with van der Waals surface area (Å²) >= 11 is 16.5. The van der Waals surface area contributed by atoms with Crippen LogP contribution in [0, 0.1) is 0 Å². The minimum atomic E-state index is -0.245. The maximum atomic E-state index is 12.5. The Morgan fingerprint density at radius 1 is 1.16 bits per heavy atom. The summed E-state index contributed by atoms with van der Waals surface area (Å²) < 4.78 is 2.50. The lowest BCUT2D eigenvalue weighted by Gasteiger charge is -2.10. The molecule has 0 bridgehead atoms. The molecule has 0 unspecified atom stereocenters. The average Bonchev–Trinajstić information content (AvgIpc) is 3.12. The van der Waals surface area contributed by atoms with Gasteiger partial charge < -0.3 is 15.2 Å². The molecule has 0 aliphatic rings. The minimum absolute atomic E-state index is 0.0999. The number of hydrogen-bond acceptors (Lipinski definition) is 5. The third kappa shape index (κ3) is 6.59. The first-order chi connectivity index (χ1) is 15.4. The molecule has 0 spiro atoms. The Hall–Kier alpha value is -2.33. The fraction of sp³-hybridized carbons (Fsp3) is 0.143. The lowest BCUT2D eigenvalue weighted by molar-refractivity contribution is -0.113. The van der Waals surface area contributed by atoms with Gasteiger partial charge in [0.25, 0.3) is 5.91 Å². The number of nitrogens with one attached hydrogen (secondary N) is 2. The Balaban J connectivity index is 1.62. The van der Waals surface area contributed by atoms with E-state index in [0.29, 0.717) is 43.3 Å². The van der Waals surface area contributed by atoms with Crippen LogP contribution < -0.4 is 10.6 Å². The SMILES string of the molecule is C=CCn1c(CNC(=O)c2ccccc2Br)nnc1SCC(=O)Nc1cc(Cl)cc(Cl)c1. The van der Waals surface area contributed by atoms with Gasteiger partial charge in [-0.2, -0.15) is 0 Å². The number of rotatable bonds is 9. The number of carbonyl (C=O) groups is 2. The highest BCUT2D eigenvalue weighted by molar-refractivity contribution is 9.10. The smallest absolute Gasteiger partial charge is 0.252 e. The molecule has 3 rings (SSSR count). The Morgan fingerprint density at radius 2 is 1.88 bits per heavy atom. The first-order valence-corrected chi connectivity index (χ1v) is 11.8. The molecule has 7 nitrogen and oxygen atoms in total. The molecule has 0 atom stereocenters. The van der Waals surface area contributed by atoms with Crippen molar-refractivity contribution in [2.45, 2.75) is 18.2 Å². The van der Waals surface area contributed by atoms with Crippen LogP contribution >= 0.6 is 50.9 Å². The maximum Gasteiger partial charge on any atom is 0.252 e. The number of thioether (sulfide) groups is 1. The fourth-order valence-electron chi connectivity index (χ4n) is 2.72. The van der Waals surface area contributed by atoms with E-state index in [1.807, 2.05) is 6.07 Å². The molecule has 11 heteroatoms. The second-order valence-corrected chi connectivity index (χ2v) is 9.13. The van der Waals surface area contributed by atoms with E-state index in [-0.39, 0.29) is 24.1 Å². The van der Waals surface area contributed by atoms with Crippen LogP contribution in [0.2, 0.25) is 10.0 Å². The Morgan fingerprint density at radius 3 is 2.56 bits per heavy atom. The highest BCUT2D eigenvalue weighted by atomic mass is 79.9. The minimum Gasteiger partial charge on any atom is -0.345 e. The molecule has 0 saturated heterocycles. The molecule has 0 saturated carbocycles. The second-order valence-electron chi connectivity index (χ2n) is 6.46. The fourth-order valence-corrected chi connectivity index (χ4v) is 4.48. The summed E-state index contributed by atoms with van der Waals surface area (Å²) in [7, 11) is 0. The van der Waals surface area contributed by atoms with Crippen molar-refractivity contribution in [1.29, 1.82) is 0 Å². The monoisotopic (exact) mass is 553 g/mol. The van der Waals surface area contributed by atoms with Crippen molar-refractivity contribution in [2.24, 2.45) is 0 Å². The molecule has 0 aliphatic heterocycles. The van der Waals surface area contributed by atoms with E-state index in [9.17, 15) is 9.59 Å². The Labute approximate surface area is 207 Å². The lowest BCUT2D eigenvalue weighted by atomic mass is 10.2. The van der Waals surface area contributed by atoms with Crippen molar-refractivity contribution in [3.63, 3.8) is 0 Å². The van der Waals surface area contributed by atoms with Crippen LogP contribution in [0.5, 0.6) is 0 Å². The number of aromatic nitrogens is 3. The number of halogens is 3. The summed E-state index contributed by atoms with van der Waals surface area (Å²) in [4.78, 5) is 24.8. The summed E-state index contributed by atoms with van der Waals surface area (Å²) in [5, 5.41) is 15.3. The van der Waals surface area contributed by atoms with E-state index < -0.39 is 0 Å². The summed E-state index contributed by atoms with van der Waals surface area (Å²) in [5.41, 5.74) is 1.03. The van der Waals surface area contributed by atoms with Gasteiger partial charge in [0, 0.05) is 26.8 Å². The molecule has 2 aromatic carbocycles. The van der Waals surface area contributed by atoms with Crippen molar-refractivity contribution >= 4 is 68.4 Å². The van der Waals surface area contributed by atoms with Gasteiger partial charge in [0.05, 0.1) is 17.9 Å². The summed E-state index contributed by atoms with van der Waals surface area (Å²) in [6, 6.07) is 12.0. The molecule has 166 valence electrons. The Kier molecular flexibility index (Phi) is 8.75. The number of anilines is 1. The third-order valence-electron chi connectivity index (χ3n) is 4.11. The highest BCUT2D eigenvalue weighted by Crippen LogP contribution is 2.23. The van der Waals surface area contributed by atoms with Gasteiger partial charge >= 0.3 is 0 Å². The molecule has 0 fully saturated rings. The zero-order valence-corrected chi connectivity index (χ0v) is 20.6. The van der Waals surface area contributed by atoms with Crippen molar-refractivity contribution < 1.29 is 9.59 Å². The van der Waals surface area contributed by atoms with Crippen molar-refractivity contribution in [1.82, 2.24) is 20.1 Å². The van der Waals surface area contributed by atoms with Crippen LogP contribution in [-0.2, 0) is 17.9 Å². The van der Waals surface area contributed by atoms with Crippen molar-refractivity contribution in [3.05, 3.63) is 81.0 Å². The van der Waals surface area contributed by atoms with Gasteiger partial charge in [-0.1, -0.05) is 53.2 Å². The van der Waals surface area contributed by atoms with E-state index in [1.54, 1.807) is 47.0 Å². The van der Waals surface area contributed by atoms with Gasteiger partial charge in [-0.3, -0.25) is 9.59 Å². The highest BCUT2D eigenvalue weighted by Gasteiger charge is 2.16. The number of hydrogen-bond donors (Lipinski definition) is 2. The normalized spacial score (nSPS) is 10.6. The largest absolute Gasteiger partial charge is 0.345 e. The van der Waals surface area contributed by atoms with Crippen LogP contribution in [0.15, 0.2) is 64.7 Å². The second kappa shape index (κ2) is 11.5. The number of carbonyl (C=O) groups excluding carboxylic acids is 2. The van der Waals surface area contributed by atoms with Gasteiger partial charge in [0.2, 0.25) is 5.91 Å². The zero-order chi connectivity index (χ0) is 23.1. The number of allylic oxidation sites excluding steroid dienone is 1. The standard InChI is InChI=1S/C21H18BrCl2N5O2S/c1-2-7-29-18(11-25-20(31)16-5-3-4-6-17(16)22)27-28-21(29)32-12-19(30)26-15-9-13(23)8-14(24)10-15/h2-6,8-10H,1,7,11-12H2,(H,25,31)(H,26,30). The number of amides is 2. The molecule has 2 amide bonds. The van der Waals surface area contributed by atoms with Crippen LogP contribution in [0.25, 0.3) is 0 Å². The lowest BCUT2D eigenvalue weighted by Crippen LogP contribution is -2.25. The van der Waals surface area contributed by atoms with E-state index in [4.69, 9.17) is 23.2 Å². The summed E-state index contributed by atoms with van der Waals surface area (Å²) in [6.07, 6.45) is 1.70. The molecule has 1 heterocycles. The first-order valence-electron chi connectivity index (χ1n) is 9.32. The predicted molar refractivity (Wildman–Crippen MR) is 131 cm³/mol. The van der Waals surface area contributed by atoms with Crippen LogP contribution in [-0.4, -0.2) is 32.3 Å². The van der Waals surface area contributed by atoms with Gasteiger partial charge in [-0.25, -0.2) is 0 Å². The van der Waals surface area contributed by atoms with Crippen LogP contribution in [0.1, 0.15) is 16.2 Å². The van der Waals surface area contributed by atoms with Gasteiger partial charge in [-0.15, -0.1) is 16.8 Å². The van der Waals surface area contributed by atoms with Gasteiger partial charge in [0.15, 0.2) is 11.0 Å². The van der Waals surface area contributed by atoms with Crippen molar-refractivity contribution in [3.8, 4) is 0 Å². The van der Waals surface area contributed by atoms with E-state index in [0.717, 1.165) is 0 Å². The summed E-state index contributed by atoms with van der Waals surface area (Å²) in [6.45, 7) is 4.36. The van der Waals surface area contributed by atoms with E-state index in [1.165, 1.54) is 11.8 Å². The molecular weight excluding hydrogens is 537 g/mol. The van der Waals surface area contributed by atoms with Crippen LogP contribution in [0.3, 0.4) is 0 Å². The average molecular weight is 555 g/mol. The molecule has 0 aliphatic carbocycles. The Bertz CT molecular complexity index is 1130. The molecule has 32 heavy (non-hydrogen) atoms. The molecular formula is C21H18BrCl2N5O2S. The molecule has 3 aromatic rings. The van der Waals surface area contributed by atoms with Crippen LogP contribution in [0.4, 0.5) is 5.69 Å². The predicted octanol–water partition coefficient (Wildman–Crippen LogP) is 5.19. The quantitative estimate of drug-likeness (QED) is 0.280. The maximum absolute atomic E-state index is 12.5. The van der Waals surface area contributed by atoms with E-state index in [2.05, 4.69) is 43.3 Å². The third-order valence-corrected chi connectivity index (χ3v) is 6.20. The zero-order valence-electron chi connectivity index (χ0n) is 16.6. The summed E-state index contributed by atoms with van der Waals surface area (Å²) in [5.74, 6) is 0.169. The van der Waals surface area contributed by atoms with E-state index >= 15 is 0 Å².